The zero-order valence-electron chi connectivity index (χ0n) is 12.5. The number of hydrogen-bond donors (Lipinski definition) is 1. The molecule has 108 valence electrons. The van der Waals surface area contributed by atoms with Crippen molar-refractivity contribution in [2.75, 3.05) is 19.8 Å². The predicted octanol–water partition coefficient (Wildman–Crippen LogP) is 2.37. The van der Waals surface area contributed by atoms with Gasteiger partial charge in [0.1, 0.15) is 6.04 Å². The Balaban J connectivity index is 4.44. The zero-order chi connectivity index (χ0) is 14.0. The van der Waals surface area contributed by atoms with Gasteiger partial charge in [-0.15, -0.1) is 0 Å². The highest BCUT2D eigenvalue weighted by Gasteiger charge is 2.24. The summed E-state index contributed by atoms with van der Waals surface area (Å²) in [6, 6.07) is -0.0336. The lowest BCUT2D eigenvalue weighted by Gasteiger charge is -2.27. The van der Waals surface area contributed by atoms with Crippen molar-refractivity contribution in [3.8, 4) is 0 Å². The van der Waals surface area contributed by atoms with Crippen molar-refractivity contribution in [2.24, 2.45) is 5.92 Å². The summed E-state index contributed by atoms with van der Waals surface area (Å²) in [7, 11) is 0. The Morgan fingerprint density at radius 2 is 1.83 bits per heavy atom. The molecule has 0 fully saturated rings. The molecule has 4 nitrogen and oxygen atoms in total. The second-order valence-electron chi connectivity index (χ2n) is 4.77. The van der Waals surface area contributed by atoms with Crippen molar-refractivity contribution < 1.29 is 14.3 Å². The first-order valence-electron chi connectivity index (χ1n) is 7.07. The fourth-order valence-electron chi connectivity index (χ4n) is 1.74. The van der Waals surface area contributed by atoms with Crippen LogP contribution in [0, 0.1) is 5.92 Å². The SMILES string of the molecule is CCCC(NC(COCC)C(C)C)C(=O)OCC. The number of esters is 1. The van der Waals surface area contributed by atoms with Crippen molar-refractivity contribution >= 4 is 5.97 Å². The minimum Gasteiger partial charge on any atom is -0.465 e. The number of hydrogen-bond acceptors (Lipinski definition) is 4. The minimum atomic E-state index is -0.220. The summed E-state index contributed by atoms with van der Waals surface area (Å²) in [6.07, 6.45) is 1.75. The Morgan fingerprint density at radius 3 is 2.28 bits per heavy atom. The molecule has 1 N–H and O–H groups in total. The normalized spacial score (nSPS) is 14.6. The summed E-state index contributed by atoms with van der Waals surface area (Å²) >= 11 is 0. The van der Waals surface area contributed by atoms with E-state index in [1.807, 2.05) is 13.8 Å². The molecule has 0 heterocycles. The number of ether oxygens (including phenoxy) is 2. The number of rotatable bonds is 10. The molecule has 4 heteroatoms. The van der Waals surface area contributed by atoms with Crippen LogP contribution in [0.1, 0.15) is 47.5 Å². The summed E-state index contributed by atoms with van der Waals surface area (Å²) in [6.45, 7) is 11.9. The first-order valence-corrected chi connectivity index (χ1v) is 7.07. The number of carbonyl (C=O) groups excluding carboxylic acids is 1. The van der Waals surface area contributed by atoms with Crippen LogP contribution in [0.15, 0.2) is 0 Å². The van der Waals surface area contributed by atoms with Gasteiger partial charge in [0.2, 0.25) is 0 Å². The van der Waals surface area contributed by atoms with Gasteiger partial charge in [0, 0.05) is 12.6 Å². The summed E-state index contributed by atoms with van der Waals surface area (Å²) in [5, 5.41) is 3.37. The van der Waals surface area contributed by atoms with Crippen LogP contribution in [-0.2, 0) is 14.3 Å². The van der Waals surface area contributed by atoms with E-state index in [2.05, 4.69) is 26.1 Å². The van der Waals surface area contributed by atoms with Crippen LogP contribution in [0.25, 0.3) is 0 Å². The number of carbonyl (C=O) groups is 1. The van der Waals surface area contributed by atoms with Gasteiger partial charge in [-0.25, -0.2) is 0 Å². The maximum atomic E-state index is 11.8. The quantitative estimate of drug-likeness (QED) is 0.612. The Morgan fingerprint density at radius 1 is 1.17 bits per heavy atom. The zero-order valence-corrected chi connectivity index (χ0v) is 12.5. The van der Waals surface area contributed by atoms with Crippen LogP contribution in [0.4, 0.5) is 0 Å². The molecule has 0 aromatic carbocycles. The van der Waals surface area contributed by atoms with Crippen LogP contribution in [0.3, 0.4) is 0 Å². The van der Waals surface area contributed by atoms with Gasteiger partial charge in [0.05, 0.1) is 13.2 Å². The average molecular weight is 259 g/mol. The van der Waals surface area contributed by atoms with Crippen molar-refractivity contribution in [2.45, 2.75) is 59.5 Å². The molecule has 2 atom stereocenters. The Hall–Kier alpha value is -0.610. The monoisotopic (exact) mass is 259 g/mol. The van der Waals surface area contributed by atoms with Gasteiger partial charge < -0.3 is 9.47 Å². The fraction of sp³-hybridized carbons (Fsp3) is 0.929. The third-order valence-corrected chi connectivity index (χ3v) is 2.87. The maximum absolute atomic E-state index is 11.8. The molecule has 0 aromatic heterocycles. The van der Waals surface area contributed by atoms with Crippen molar-refractivity contribution in [1.29, 1.82) is 0 Å². The standard InChI is InChI=1S/C14H29NO3/c1-6-9-12(14(16)18-8-3)15-13(11(4)5)10-17-7-2/h11-13,15H,6-10H2,1-5H3. The smallest absolute Gasteiger partial charge is 0.323 e. The summed E-state index contributed by atoms with van der Waals surface area (Å²) in [5.74, 6) is 0.270. The van der Waals surface area contributed by atoms with Crippen LogP contribution in [0.5, 0.6) is 0 Å². The number of nitrogens with one attached hydrogen (secondary N) is 1. The van der Waals surface area contributed by atoms with Crippen molar-refractivity contribution in [1.82, 2.24) is 5.32 Å². The molecular weight excluding hydrogens is 230 g/mol. The van der Waals surface area contributed by atoms with Gasteiger partial charge in [0.15, 0.2) is 0 Å². The van der Waals surface area contributed by atoms with Crippen LogP contribution in [0.2, 0.25) is 0 Å². The molecule has 0 saturated heterocycles. The molecule has 0 spiro atoms. The highest BCUT2D eigenvalue weighted by atomic mass is 16.5. The van der Waals surface area contributed by atoms with Gasteiger partial charge in [-0.1, -0.05) is 27.2 Å². The van der Waals surface area contributed by atoms with Crippen molar-refractivity contribution in [3.05, 3.63) is 0 Å². The van der Waals surface area contributed by atoms with E-state index in [-0.39, 0.29) is 18.1 Å². The second kappa shape index (κ2) is 10.3. The molecule has 2 unspecified atom stereocenters. The van der Waals surface area contributed by atoms with E-state index in [1.165, 1.54) is 0 Å². The van der Waals surface area contributed by atoms with Gasteiger partial charge in [-0.3, -0.25) is 10.1 Å². The van der Waals surface area contributed by atoms with E-state index >= 15 is 0 Å². The lowest BCUT2D eigenvalue weighted by molar-refractivity contribution is -0.146. The molecule has 0 aromatic rings. The molecule has 0 amide bonds. The highest BCUT2D eigenvalue weighted by molar-refractivity contribution is 5.75. The lowest BCUT2D eigenvalue weighted by atomic mass is 10.0. The third kappa shape index (κ3) is 6.97. The van der Waals surface area contributed by atoms with Crippen LogP contribution < -0.4 is 5.32 Å². The largest absolute Gasteiger partial charge is 0.465 e. The fourth-order valence-corrected chi connectivity index (χ4v) is 1.74. The molecule has 0 aliphatic heterocycles. The molecule has 0 rings (SSSR count). The first-order chi connectivity index (χ1) is 8.56. The van der Waals surface area contributed by atoms with E-state index in [4.69, 9.17) is 9.47 Å². The van der Waals surface area contributed by atoms with Gasteiger partial charge in [-0.05, 0) is 26.2 Å². The molecular formula is C14H29NO3. The Labute approximate surface area is 111 Å². The van der Waals surface area contributed by atoms with Gasteiger partial charge in [-0.2, -0.15) is 0 Å². The second-order valence-corrected chi connectivity index (χ2v) is 4.77. The maximum Gasteiger partial charge on any atom is 0.323 e. The van der Waals surface area contributed by atoms with E-state index in [0.29, 0.717) is 25.7 Å². The molecule has 0 aliphatic carbocycles. The highest BCUT2D eigenvalue weighted by Crippen LogP contribution is 2.08. The van der Waals surface area contributed by atoms with Crippen molar-refractivity contribution in [3.63, 3.8) is 0 Å². The molecule has 0 bridgehead atoms. The van der Waals surface area contributed by atoms with E-state index in [9.17, 15) is 4.79 Å². The van der Waals surface area contributed by atoms with Gasteiger partial charge in [0.25, 0.3) is 0 Å². The minimum absolute atomic E-state index is 0.151. The summed E-state index contributed by atoms with van der Waals surface area (Å²) < 4.78 is 10.6. The topological polar surface area (TPSA) is 47.6 Å². The molecule has 0 aliphatic rings. The van der Waals surface area contributed by atoms with Crippen LogP contribution >= 0.6 is 0 Å². The summed E-state index contributed by atoms with van der Waals surface area (Å²) in [4.78, 5) is 11.8. The Bertz CT molecular complexity index is 219. The predicted molar refractivity (Wildman–Crippen MR) is 73.6 cm³/mol. The first kappa shape index (κ1) is 17.4. The van der Waals surface area contributed by atoms with Crippen LogP contribution in [-0.4, -0.2) is 37.9 Å². The molecule has 0 radical (unpaired) electrons. The van der Waals surface area contributed by atoms with E-state index < -0.39 is 0 Å². The average Bonchev–Trinajstić information content (AvgIpc) is 2.32. The Kier molecular flexibility index (Phi) is 9.98. The molecule has 0 saturated carbocycles. The van der Waals surface area contributed by atoms with E-state index in [0.717, 1.165) is 12.8 Å². The van der Waals surface area contributed by atoms with E-state index in [1.54, 1.807) is 0 Å². The summed E-state index contributed by atoms with van der Waals surface area (Å²) in [5.41, 5.74) is 0. The lowest BCUT2D eigenvalue weighted by Crippen LogP contribution is -2.48. The van der Waals surface area contributed by atoms with Gasteiger partial charge >= 0.3 is 5.97 Å². The molecule has 18 heavy (non-hydrogen) atoms. The third-order valence-electron chi connectivity index (χ3n) is 2.87.